The van der Waals surface area contributed by atoms with Gasteiger partial charge in [0.2, 0.25) is 0 Å². The van der Waals surface area contributed by atoms with Crippen molar-refractivity contribution in [3.8, 4) is 5.75 Å². The monoisotopic (exact) mass is 253 g/mol. The minimum absolute atomic E-state index is 0.336. The van der Waals surface area contributed by atoms with Crippen LogP contribution >= 0.6 is 0 Å². The van der Waals surface area contributed by atoms with Crippen molar-refractivity contribution >= 4 is 5.97 Å². The third kappa shape index (κ3) is 3.20. The molecule has 0 aromatic heterocycles. The van der Waals surface area contributed by atoms with Crippen molar-refractivity contribution in [2.75, 3.05) is 19.7 Å². The van der Waals surface area contributed by atoms with Crippen molar-refractivity contribution < 1.29 is 19.0 Å². The van der Waals surface area contributed by atoms with Crippen LogP contribution in [0.1, 0.15) is 12.8 Å². The van der Waals surface area contributed by atoms with Gasteiger partial charge >= 0.3 is 5.97 Å². The van der Waals surface area contributed by atoms with E-state index in [1.54, 1.807) is 12.1 Å². The van der Waals surface area contributed by atoms with Crippen LogP contribution in [0.2, 0.25) is 0 Å². The topological polar surface area (TPSA) is 49.8 Å². The van der Waals surface area contributed by atoms with Gasteiger partial charge in [0, 0.05) is 12.6 Å². The molecule has 1 aromatic rings. The Morgan fingerprint density at radius 2 is 2.39 bits per heavy atom. The summed E-state index contributed by atoms with van der Waals surface area (Å²) in [7, 11) is 0. The van der Waals surface area contributed by atoms with Crippen LogP contribution in [-0.4, -0.2) is 41.7 Å². The van der Waals surface area contributed by atoms with E-state index < -0.39 is 12.0 Å². The maximum Gasteiger partial charge on any atom is 0.320 e. The Morgan fingerprint density at radius 1 is 1.56 bits per heavy atom. The van der Waals surface area contributed by atoms with E-state index in [1.165, 1.54) is 12.1 Å². The summed E-state index contributed by atoms with van der Waals surface area (Å²) in [6, 6.07) is 5.54. The van der Waals surface area contributed by atoms with Gasteiger partial charge in [0.25, 0.3) is 0 Å². The van der Waals surface area contributed by atoms with E-state index in [1.807, 2.05) is 4.90 Å². The molecule has 18 heavy (non-hydrogen) atoms. The van der Waals surface area contributed by atoms with Gasteiger partial charge in [-0.2, -0.15) is 0 Å². The number of benzene rings is 1. The normalized spacial score (nSPS) is 19.9. The van der Waals surface area contributed by atoms with Crippen LogP contribution in [0.3, 0.4) is 0 Å². The Kier molecular flexibility index (Phi) is 4.15. The van der Waals surface area contributed by atoms with Crippen LogP contribution in [0.4, 0.5) is 4.39 Å². The minimum atomic E-state index is -0.779. The van der Waals surface area contributed by atoms with Crippen LogP contribution in [0.15, 0.2) is 24.3 Å². The van der Waals surface area contributed by atoms with E-state index in [0.717, 1.165) is 13.0 Å². The summed E-state index contributed by atoms with van der Waals surface area (Å²) in [5, 5.41) is 9.00. The first-order chi connectivity index (χ1) is 8.66. The number of aliphatic carboxylic acids is 1. The maximum atomic E-state index is 12.9. The molecule has 0 bridgehead atoms. The fourth-order valence-electron chi connectivity index (χ4n) is 2.21. The van der Waals surface area contributed by atoms with Crippen molar-refractivity contribution in [2.24, 2.45) is 0 Å². The minimum Gasteiger partial charge on any atom is -0.492 e. The number of hydrogen-bond donors (Lipinski definition) is 1. The number of carboxylic acid groups (broad SMARTS) is 1. The third-order valence-corrected chi connectivity index (χ3v) is 3.09. The molecule has 0 spiro atoms. The van der Waals surface area contributed by atoms with Gasteiger partial charge in [0.1, 0.15) is 24.2 Å². The summed E-state index contributed by atoms with van der Waals surface area (Å²) < 4.78 is 18.3. The molecule has 1 heterocycles. The predicted octanol–water partition coefficient (Wildman–Crippen LogP) is 1.75. The maximum absolute atomic E-state index is 12.9. The number of carbonyl (C=O) groups is 1. The van der Waals surface area contributed by atoms with Gasteiger partial charge in [-0.15, -0.1) is 0 Å². The Hall–Kier alpha value is -1.62. The number of carboxylic acids is 1. The highest BCUT2D eigenvalue weighted by molar-refractivity contribution is 5.73. The summed E-state index contributed by atoms with van der Waals surface area (Å²) in [5.74, 6) is -0.642. The molecule has 0 aliphatic carbocycles. The molecular weight excluding hydrogens is 237 g/mol. The summed E-state index contributed by atoms with van der Waals surface area (Å²) in [6.07, 6.45) is 1.59. The highest BCUT2D eigenvalue weighted by atomic mass is 19.1. The molecule has 5 heteroatoms. The molecule has 1 aliphatic heterocycles. The molecule has 2 rings (SSSR count). The smallest absolute Gasteiger partial charge is 0.320 e. The van der Waals surface area contributed by atoms with Crippen molar-refractivity contribution in [3.05, 3.63) is 30.1 Å². The molecule has 1 aromatic carbocycles. The molecule has 0 saturated carbocycles. The third-order valence-electron chi connectivity index (χ3n) is 3.09. The fourth-order valence-corrected chi connectivity index (χ4v) is 2.21. The Balaban J connectivity index is 1.80. The lowest BCUT2D eigenvalue weighted by atomic mass is 10.2. The largest absolute Gasteiger partial charge is 0.492 e. The number of rotatable bonds is 5. The molecule has 1 aliphatic rings. The standard InChI is InChI=1S/C13H16FNO3/c14-10-3-1-4-11(9-10)18-8-7-15-6-2-5-12(15)13(16)17/h1,3-4,9,12H,2,5-8H2,(H,16,17)/t12-/m0/s1. The summed E-state index contributed by atoms with van der Waals surface area (Å²) in [6.45, 7) is 1.70. The van der Waals surface area contributed by atoms with Gasteiger partial charge in [-0.05, 0) is 31.5 Å². The fraction of sp³-hybridized carbons (Fsp3) is 0.462. The van der Waals surface area contributed by atoms with Crippen LogP contribution < -0.4 is 4.74 Å². The molecule has 1 atom stereocenters. The van der Waals surface area contributed by atoms with Crippen LogP contribution in [0, 0.1) is 5.82 Å². The molecule has 1 fully saturated rings. The second-order valence-electron chi connectivity index (χ2n) is 4.34. The van der Waals surface area contributed by atoms with Crippen molar-refractivity contribution in [1.82, 2.24) is 4.90 Å². The Morgan fingerprint density at radius 3 is 3.11 bits per heavy atom. The van der Waals surface area contributed by atoms with Gasteiger partial charge < -0.3 is 9.84 Å². The lowest BCUT2D eigenvalue weighted by Gasteiger charge is -2.20. The van der Waals surface area contributed by atoms with Crippen molar-refractivity contribution in [1.29, 1.82) is 0 Å². The lowest BCUT2D eigenvalue weighted by Crippen LogP contribution is -2.38. The molecule has 1 saturated heterocycles. The van der Waals surface area contributed by atoms with Gasteiger partial charge in [-0.25, -0.2) is 4.39 Å². The number of halogens is 1. The molecule has 0 radical (unpaired) electrons. The van der Waals surface area contributed by atoms with E-state index in [0.29, 0.717) is 25.3 Å². The first kappa shape index (κ1) is 12.8. The zero-order valence-corrected chi connectivity index (χ0v) is 10.0. The van der Waals surface area contributed by atoms with Crippen LogP contribution in [0.5, 0.6) is 5.75 Å². The molecular formula is C13H16FNO3. The second-order valence-corrected chi connectivity index (χ2v) is 4.34. The van der Waals surface area contributed by atoms with Crippen LogP contribution in [-0.2, 0) is 4.79 Å². The highest BCUT2D eigenvalue weighted by Gasteiger charge is 2.29. The van der Waals surface area contributed by atoms with Crippen LogP contribution in [0.25, 0.3) is 0 Å². The molecule has 0 amide bonds. The first-order valence-corrected chi connectivity index (χ1v) is 6.02. The average molecular weight is 253 g/mol. The number of likely N-dealkylation sites (tertiary alicyclic amines) is 1. The van der Waals surface area contributed by atoms with Gasteiger partial charge in [-0.1, -0.05) is 6.07 Å². The molecule has 4 nitrogen and oxygen atoms in total. The van der Waals surface area contributed by atoms with E-state index in [-0.39, 0.29) is 5.82 Å². The molecule has 0 unspecified atom stereocenters. The lowest BCUT2D eigenvalue weighted by molar-refractivity contribution is -0.142. The molecule has 98 valence electrons. The number of hydrogen-bond acceptors (Lipinski definition) is 3. The first-order valence-electron chi connectivity index (χ1n) is 6.02. The van der Waals surface area contributed by atoms with Crippen molar-refractivity contribution in [2.45, 2.75) is 18.9 Å². The summed E-state index contributed by atoms with van der Waals surface area (Å²) in [4.78, 5) is 12.8. The van der Waals surface area contributed by atoms with Gasteiger partial charge in [-0.3, -0.25) is 9.69 Å². The van der Waals surface area contributed by atoms with E-state index in [4.69, 9.17) is 9.84 Å². The Bertz CT molecular complexity index is 424. The van der Waals surface area contributed by atoms with E-state index >= 15 is 0 Å². The van der Waals surface area contributed by atoms with Gasteiger partial charge in [0.15, 0.2) is 0 Å². The summed E-state index contributed by atoms with van der Waals surface area (Å²) in [5.41, 5.74) is 0. The molecule has 1 N–H and O–H groups in total. The van der Waals surface area contributed by atoms with E-state index in [2.05, 4.69) is 0 Å². The zero-order chi connectivity index (χ0) is 13.0. The van der Waals surface area contributed by atoms with Crippen molar-refractivity contribution in [3.63, 3.8) is 0 Å². The number of ether oxygens (including phenoxy) is 1. The quantitative estimate of drug-likeness (QED) is 0.868. The zero-order valence-electron chi connectivity index (χ0n) is 10.0. The summed E-state index contributed by atoms with van der Waals surface area (Å²) >= 11 is 0. The second kappa shape index (κ2) is 5.82. The highest BCUT2D eigenvalue weighted by Crippen LogP contribution is 2.17. The van der Waals surface area contributed by atoms with Gasteiger partial charge in [0.05, 0.1) is 0 Å². The average Bonchev–Trinajstić information content (AvgIpc) is 2.77. The SMILES string of the molecule is O=C(O)[C@@H]1CCCN1CCOc1cccc(F)c1. The van der Waals surface area contributed by atoms with E-state index in [9.17, 15) is 9.18 Å². The Labute approximate surface area is 105 Å². The number of nitrogens with zero attached hydrogens (tertiary/aromatic N) is 1. The predicted molar refractivity (Wildman–Crippen MR) is 64.1 cm³/mol.